The molecular formula is C19H21N3O3S. The molecular weight excluding hydrogens is 350 g/mol. The van der Waals surface area contributed by atoms with E-state index >= 15 is 0 Å². The first kappa shape index (κ1) is 18.2. The van der Waals surface area contributed by atoms with Crippen LogP contribution in [0, 0.1) is 13.8 Å². The number of anilines is 2. The lowest BCUT2D eigenvalue weighted by molar-refractivity contribution is 0.0697. The van der Waals surface area contributed by atoms with Crippen LogP contribution in [0.5, 0.6) is 0 Å². The first-order chi connectivity index (χ1) is 12.5. The highest BCUT2D eigenvalue weighted by atomic mass is 32.1. The van der Waals surface area contributed by atoms with Crippen LogP contribution in [0.15, 0.2) is 35.7 Å². The Morgan fingerprint density at radius 1 is 1.31 bits per heavy atom. The highest BCUT2D eigenvalue weighted by Gasteiger charge is 2.14. The number of nitrogens with zero attached hydrogens (tertiary/aromatic N) is 2. The number of thiazole rings is 1. The van der Waals surface area contributed by atoms with E-state index in [2.05, 4.69) is 34.8 Å². The SMILES string of the molecule is COCCn1c(C)cc(-c2csc(Nc3ccc(C(=O)O)cc3)n2)c1C. The maximum Gasteiger partial charge on any atom is 0.335 e. The average Bonchev–Trinajstić information content (AvgIpc) is 3.18. The zero-order valence-corrected chi connectivity index (χ0v) is 15.8. The van der Waals surface area contributed by atoms with Crippen LogP contribution in [0.1, 0.15) is 21.7 Å². The highest BCUT2D eigenvalue weighted by Crippen LogP contribution is 2.31. The van der Waals surface area contributed by atoms with Crippen molar-refractivity contribution in [1.82, 2.24) is 9.55 Å². The van der Waals surface area contributed by atoms with Crippen molar-refractivity contribution >= 4 is 28.1 Å². The number of rotatable bonds is 7. The molecule has 26 heavy (non-hydrogen) atoms. The minimum Gasteiger partial charge on any atom is -0.478 e. The molecule has 0 fully saturated rings. The Morgan fingerprint density at radius 2 is 2.04 bits per heavy atom. The smallest absolute Gasteiger partial charge is 0.335 e. The Bertz CT molecular complexity index is 913. The lowest BCUT2D eigenvalue weighted by Gasteiger charge is -2.08. The third kappa shape index (κ3) is 3.79. The van der Waals surface area contributed by atoms with Crippen LogP contribution in [-0.2, 0) is 11.3 Å². The second kappa shape index (κ2) is 7.72. The summed E-state index contributed by atoms with van der Waals surface area (Å²) in [5.41, 5.74) is 5.46. The largest absolute Gasteiger partial charge is 0.478 e. The molecule has 0 aliphatic carbocycles. The van der Waals surface area contributed by atoms with Gasteiger partial charge in [-0.15, -0.1) is 11.3 Å². The molecule has 0 unspecified atom stereocenters. The Hall–Kier alpha value is -2.64. The molecule has 7 heteroatoms. The fourth-order valence-electron chi connectivity index (χ4n) is 2.86. The molecule has 0 spiro atoms. The van der Waals surface area contributed by atoms with Gasteiger partial charge in [-0.25, -0.2) is 9.78 Å². The summed E-state index contributed by atoms with van der Waals surface area (Å²) >= 11 is 1.52. The number of aryl methyl sites for hydroxylation is 1. The van der Waals surface area contributed by atoms with Crippen molar-refractivity contribution in [2.45, 2.75) is 20.4 Å². The number of carboxylic acid groups (broad SMARTS) is 1. The van der Waals surface area contributed by atoms with E-state index in [9.17, 15) is 4.79 Å². The summed E-state index contributed by atoms with van der Waals surface area (Å²) in [6.45, 7) is 5.67. The Morgan fingerprint density at radius 3 is 2.69 bits per heavy atom. The second-order valence-corrected chi connectivity index (χ2v) is 6.83. The summed E-state index contributed by atoms with van der Waals surface area (Å²) < 4.78 is 7.42. The summed E-state index contributed by atoms with van der Waals surface area (Å²) in [6, 6.07) is 8.76. The van der Waals surface area contributed by atoms with Crippen molar-refractivity contribution in [2.75, 3.05) is 19.0 Å². The third-order valence-electron chi connectivity index (χ3n) is 4.26. The number of ether oxygens (including phenoxy) is 1. The number of aromatic nitrogens is 2. The maximum atomic E-state index is 10.9. The monoisotopic (exact) mass is 371 g/mol. The lowest BCUT2D eigenvalue weighted by atomic mass is 10.2. The van der Waals surface area contributed by atoms with E-state index in [4.69, 9.17) is 9.84 Å². The number of hydrogen-bond acceptors (Lipinski definition) is 5. The van der Waals surface area contributed by atoms with Gasteiger partial charge in [-0.3, -0.25) is 0 Å². The van der Waals surface area contributed by atoms with Crippen molar-refractivity contribution < 1.29 is 14.6 Å². The zero-order valence-electron chi connectivity index (χ0n) is 14.9. The quantitative estimate of drug-likeness (QED) is 0.647. The number of carboxylic acids is 1. The normalized spacial score (nSPS) is 10.9. The standard InChI is InChI=1S/C19H21N3O3S/c1-12-10-16(13(2)22(12)8-9-25-3)17-11-26-19(21-17)20-15-6-4-14(5-7-15)18(23)24/h4-7,10-11H,8-9H2,1-3H3,(H,20,21)(H,23,24). The minimum absolute atomic E-state index is 0.263. The van der Waals surface area contributed by atoms with Gasteiger partial charge in [-0.05, 0) is 44.2 Å². The molecule has 0 bridgehead atoms. The van der Waals surface area contributed by atoms with Crippen LogP contribution in [0.3, 0.4) is 0 Å². The van der Waals surface area contributed by atoms with E-state index in [1.165, 1.54) is 22.7 Å². The molecule has 0 saturated heterocycles. The minimum atomic E-state index is -0.933. The molecule has 0 aliphatic heterocycles. The molecule has 0 radical (unpaired) electrons. The third-order valence-corrected chi connectivity index (χ3v) is 5.01. The van der Waals surface area contributed by atoms with Gasteiger partial charge in [0.25, 0.3) is 0 Å². The predicted molar refractivity (Wildman–Crippen MR) is 104 cm³/mol. The average molecular weight is 371 g/mol. The van der Waals surface area contributed by atoms with Crippen LogP contribution in [0.4, 0.5) is 10.8 Å². The van der Waals surface area contributed by atoms with E-state index in [0.717, 1.165) is 28.6 Å². The van der Waals surface area contributed by atoms with E-state index in [0.29, 0.717) is 6.61 Å². The van der Waals surface area contributed by atoms with E-state index in [1.807, 2.05) is 5.38 Å². The summed E-state index contributed by atoms with van der Waals surface area (Å²) in [7, 11) is 1.70. The van der Waals surface area contributed by atoms with Crippen molar-refractivity contribution in [3.8, 4) is 11.3 Å². The first-order valence-corrected chi connectivity index (χ1v) is 9.09. The van der Waals surface area contributed by atoms with Gasteiger partial charge >= 0.3 is 5.97 Å². The van der Waals surface area contributed by atoms with Crippen LogP contribution < -0.4 is 5.32 Å². The van der Waals surface area contributed by atoms with Crippen molar-refractivity contribution in [3.05, 3.63) is 52.7 Å². The van der Waals surface area contributed by atoms with Gasteiger partial charge in [0.15, 0.2) is 5.13 Å². The number of benzene rings is 1. The highest BCUT2D eigenvalue weighted by molar-refractivity contribution is 7.14. The summed E-state index contributed by atoms with van der Waals surface area (Å²) in [5.74, 6) is -0.933. The molecule has 2 heterocycles. The molecule has 0 saturated carbocycles. The zero-order chi connectivity index (χ0) is 18.7. The van der Waals surface area contributed by atoms with Crippen LogP contribution >= 0.6 is 11.3 Å². The van der Waals surface area contributed by atoms with Crippen molar-refractivity contribution in [1.29, 1.82) is 0 Å². The molecule has 2 N–H and O–H groups in total. The molecule has 0 atom stereocenters. The Balaban J connectivity index is 1.78. The summed E-state index contributed by atoms with van der Waals surface area (Å²) in [4.78, 5) is 15.6. The van der Waals surface area contributed by atoms with Crippen LogP contribution in [0.25, 0.3) is 11.3 Å². The fourth-order valence-corrected chi connectivity index (χ4v) is 3.59. The molecule has 0 amide bonds. The van der Waals surface area contributed by atoms with Gasteiger partial charge in [0, 0.05) is 41.7 Å². The molecule has 3 rings (SSSR count). The van der Waals surface area contributed by atoms with Gasteiger partial charge in [-0.2, -0.15) is 0 Å². The number of methoxy groups -OCH3 is 1. The predicted octanol–water partition coefficient (Wildman–Crippen LogP) is 4.32. The molecule has 0 aliphatic rings. The number of aromatic carboxylic acids is 1. The van der Waals surface area contributed by atoms with Crippen molar-refractivity contribution in [3.63, 3.8) is 0 Å². The van der Waals surface area contributed by atoms with Gasteiger partial charge in [0.05, 0.1) is 17.9 Å². The number of carbonyl (C=O) groups is 1. The van der Waals surface area contributed by atoms with Crippen molar-refractivity contribution in [2.24, 2.45) is 0 Å². The Kier molecular flexibility index (Phi) is 5.39. The molecule has 1 aromatic carbocycles. The molecule has 2 aromatic heterocycles. The number of hydrogen-bond donors (Lipinski definition) is 2. The summed E-state index contributed by atoms with van der Waals surface area (Å²) in [5, 5.41) is 15.0. The lowest BCUT2D eigenvalue weighted by Crippen LogP contribution is -2.07. The fraction of sp³-hybridized carbons (Fsp3) is 0.263. The number of nitrogens with one attached hydrogen (secondary N) is 1. The summed E-state index contributed by atoms with van der Waals surface area (Å²) in [6.07, 6.45) is 0. The first-order valence-electron chi connectivity index (χ1n) is 8.21. The molecule has 6 nitrogen and oxygen atoms in total. The topological polar surface area (TPSA) is 76.4 Å². The van der Waals surface area contributed by atoms with E-state index < -0.39 is 5.97 Å². The second-order valence-electron chi connectivity index (χ2n) is 5.97. The molecule has 136 valence electrons. The maximum absolute atomic E-state index is 10.9. The van der Waals surface area contributed by atoms with Gasteiger partial charge in [0.1, 0.15) is 0 Å². The van der Waals surface area contributed by atoms with Crippen LogP contribution in [0.2, 0.25) is 0 Å². The van der Waals surface area contributed by atoms with Gasteiger partial charge in [0.2, 0.25) is 0 Å². The Labute approximate surface area is 156 Å². The van der Waals surface area contributed by atoms with E-state index in [-0.39, 0.29) is 5.56 Å². The van der Waals surface area contributed by atoms with Gasteiger partial charge in [-0.1, -0.05) is 0 Å². The van der Waals surface area contributed by atoms with E-state index in [1.54, 1.807) is 31.4 Å². The molecule has 3 aromatic rings. The van der Waals surface area contributed by atoms with Gasteiger partial charge < -0.3 is 19.7 Å². The van der Waals surface area contributed by atoms with Crippen LogP contribution in [-0.4, -0.2) is 34.3 Å².